The number of rotatable bonds is 8. The molecule has 1 rings (SSSR count). The zero-order valence-electron chi connectivity index (χ0n) is 12.0. The maximum atomic E-state index is 12.0. The third-order valence-electron chi connectivity index (χ3n) is 2.79. The van der Waals surface area contributed by atoms with Crippen LogP contribution in [-0.2, 0) is 4.79 Å². The van der Waals surface area contributed by atoms with E-state index in [1.54, 1.807) is 24.3 Å². The number of amidine groups is 1. The monoisotopic (exact) mass is 346 g/mol. The lowest BCUT2D eigenvalue weighted by atomic mass is 10.1. The molecule has 0 spiro atoms. The number of carbonyl (C=O) groups excluding carboxylic acids is 2. The molecule has 0 aromatic heterocycles. The third kappa shape index (κ3) is 7.28. The van der Waals surface area contributed by atoms with Crippen LogP contribution < -0.4 is 16.8 Å². The molecule has 0 fully saturated rings. The molecule has 22 heavy (non-hydrogen) atoms. The van der Waals surface area contributed by atoms with Crippen molar-refractivity contribution in [3.05, 3.63) is 35.9 Å². The highest BCUT2D eigenvalue weighted by Crippen LogP contribution is 2.02. The summed E-state index contributed by atoms with van der Waals surface area (Å²) in [6.45, 7) is 0.434. The first-order chi connectivity index (χ1) is 10.0. The molecule has 0 radical (unpaired) electrons. The molecule has 0 aliphatic carbocycles. The van der Waals surface area contributed by atoms with Crippen molar-refractivity contribution in [2.75, 3.05) is 12.4 Å². The lowest BCUT2D eigenvalue weighted by Crippen LogP contribution is -2.44. The molecule has 1 aromatic carbocycles. The number of amides is 2. The molecular weight excluding hydrogens is 327 g/mol. The maximum Gasteiger partial charge on any atom is 0.251 e. The van der Waals surface area contributed by atoms with Crippen molar-refractivity contribution in [2.24, 2.45) is 16.5 Å². The van der Waals surface area contributed by atoms with Gasteiger partial charge >= 0.3 is 0 Å². The number of halogens is 2. The normalized spacial score (nSPS) is 12.1. The minimum absolute atomic E-state index is 0. The average Bonchev–Trinajstić information content (AvgIpc) is 2.50. The molecule has 122 valence electrons. The fraction of sp³-hybridized carbons (Fsp3) is 0.357. The summed E-state index contributed by atoms with van der Waals surface area (Å²) >= 11 is 5.49. The van der Waals surface area contributed by atoms with E-state index >= 15 is 0 Å². The number of alkyl halides is 1. The predicted molar refractivity (Wildman–Crippen MR) is 90.6 cm³/mol. The van der Waals surface area contributed by atoms with Crippen molar-refractivity contribution < 1.29 is 9.59 Å². The second kappa shape index (κ2) is 10.9. The Morgan fingerprint density at radius 2 is 1.86 bits per heavy atom. The molecule has 2 amide bonds. The number of nitrogens with two attached hydrogens (primary N) is 2. The lowest BCUT2D eigenvalue weighted by molar-refractivity contribution is -0.120. The van der Waals surface area contributed by atoms with E-state index in [4.69, 9.17) is 23.1 Å². The Morgan fingerprint density at radius 3 is 2.41 bits per heavy atom. The van der Waals surface area contributed by atoms with Gasteiger partial charge in [-0.15, -0.1) is 24.0 Å². The van der Waals surface area contributed by atoms with Crippen LogP contribution in [0.4, 0.5) is 0 Å². The van der Waals surface area contributed by atoms with Crippen molar-refractivity contribution in [1.29, 1.82) is 0 Å². The number of carbonyl (C=O) groups is 2. The van der Waals surface area contributed by atoms with Gasteiger partial charge in [0.25, 0.3) is 5.91 Å². The van der Waals surface area contributed by atoms with Crippen LogP contribution in [0.25, 0.3) is 0 Å². The number of hydrogen-bond donors (Lipinski definition) is 3. The van der Waals surface area contributed by atoms with E-state index in [0.717, 1.165) is 0 Å². The zero-order chi connectivity index (χ0) is 15.7. The second-order valence-electron chi connectivity index (χ2n) is 4.44. The first kappa shape index (κ1) is 20.2. The Kier molecular flexibility index (Phi) is 9.98. The molecule has 8 heteroatoms. The zero-order valence-corrected chi connectivity index (χ0v) is 13.6. The second-order valence-corrected chi connectivity index (χ2v) is 4.71. The summed E-state index contributed by atoms with van der Waals surface area (Å²) in [4.78, 5) is 27.3. The molecular formula is C14H20Cl2N4O2. The van der Waals surface area contributed by atoms with Crippen LogP contribution in [0.1, 0.15) is 23.2 Å². The van der Waals surface area contributed by atoms with Crippen molar-refractivity contribution in [3.8, 4) is 0 Å². The molecule has 0 aliphatic rings. The summed E-state index contributed by atoms with van der Waals surface area (Å²) < 4.78 is 0. The standard InChI is InChI=1S/C14H19ClN4O2.ClH/c15-9-12(16)18-8-4-7-11(13(17)20)19-14(21)10-5-2-1-3-6-10;/h1-3,5-6,11H,4,7-9H2,(H2,16,18)(H2,17,20)(H,19,21);1H/t11-;/m1./s1. The fourth-order valence-corrected chi connectivity index (χ4v) is 1.76. The number of nitrogens with zero attached hydrogens (tertiary/aromatic N) is 1. The average molecular weight is 347 g/mol. The molecule has 0 saturated carbocycles. The summed E-state index contributed by atoms with van der Waals surface area (Å²) in [5.41, 5.74) is 11.2. The summed E-state index contributed by atoms with van der Waals surface area (Å²) in [5.74, 6) is -0.387. The van der Waals surface area contributed by atoms with E-state index < -0.39 is 11.9 Å². The van der Waals surface area contributed by atoms with Gasteiger partial charge in [0.15, 0.2) is 0 Å². The Balaban J connectivity index is 0.00000441. The maximum absolute atomic E-state index is 12.0. The smallest absolute Gasteiger partial charge is 0.251 e. The van der Waals surface area contributed by atoms with Crippen molar-refractivity contribution in [3.63, 3.8) is 0 Å². The molecule has 6 nitrogen and oxygen atoms in total. The molecule has 5 N–H and O–H groups in total. The Labute approximate surface area is 140 Å². The molecule has 1 atom stereocenters. The molecule has 0 saturated heterocycles. The van der Waals surface area contributed by atoms with E-state index in [9.17, 15) is 9.59 Å². The van der Waals surface area contributed by atoms with Crippen molar-refractivity contribution in [2.45, 2.75) is 18.9 Å². The third-order valence-corrected chi connectivity index (χ3v) is 3.06. The highest BCUT2D eigenvalue weighted by atomic mass is 35.5. The van der Waals surface area contributed by atoms with E-state index in [-0.39, 0.29) is 24.2 Å². The van der Waals surface area contributed by atoms with E-state index in [2.05, 4.69) is 10.3 Å². The van der Waals surface area contributed by atoms with Crippen LogP contribution in [0.3, 0.4) is 0 Å². The first-order valence-corrected chi connectivity index (χ1v) is 7.08. The number of benzene rings is 1. The number of hydrogen-bond acceptors (Lipinski definition) is 3. The van der Waals surface area contributed by atoms with Gasteiger partial charge in [0.05, 0.1) is 5.88 Å². The Bertz CT molecular complexity index is 509. The van der Waals surface area contributed by atoms with Crippen LogP contribution in [0.15, 0.2) is 35.3 Å². The quantitative estimate of drug-likeness (QED) is 0.283. The lowest BCUT2D eigenvalue weighted by Gasteiger charge is -2.15. The van der Waals surface area contributed by atoms with Crippen LogP contribution in [0, 0.1) is 0 Å². The van der Waals surface area contributed by atoms with Gasteiger partial charge in [-0.2, -0.15) is 0 Å². The van der Waals surface area contributed by atoms with E-state index in [0.29, 0.717) is 30.8 Å². The summed E-state index contributed by atoms with van der Waals surface area (Å²) in [6.07, 6.45) is 0.966. The minimum Gasteiger partial charge on any atom is -0.386 e. The highest BCUT2D eigenvalue weighted by Gasteiger charge is 2.18. The number of nitrogens with one attached hydrogen (secondary N) is 1. The van der Waals surface area contributed by atoms with Gasteiger partial charge in [0.1, 0.15) is 11.9 Å². The molecule has 0 bridgehead atoms. The van der Waals surface area contributed by atoms with Crippen molar-refractivity contribution >= 4 is 41.7 Å². The summed E-state index contributed by atoms with van der Waals surface area (Å²) in [7, 11) is 0. The van der Waals surface area contributed by atoms with Crippen LogP contribution in [0.2, 0.25) is 0 Å². The van der Waals surface area contributed by atoms with Gasteiger partial charge < -0.3 is 16.8 Å². The Morgan fingerprint density at radius 1 is 1.23 bits per heavy atom. The number of aliphatic imine (C=N–C) groups is 1. The minimum atomic E-state index is -0.731. The SMILES string of the molecule is Cl.NC(=O)[C@@H](CCCN=C(N)CCl)NC(=O)c1ccccc1. The van der Waals surface area contributed by atoms with Gasteiger partial charge in [0, 0.05) is 12.1 Å². The van der Waals surface area contributed by atoms with Gasteiger partial charge in [-0.1, -0.05) is 18.2 Å². The predicted octanol–water partition coefficient (Wildman–Crippen LogP) is 1.07. The van der Waals surface area contributed by atoms with E-state index in [1.165, 1.54) is 0 Å². The van der Waals surface area contributed by atoms with Gasteiger partial charge in [0.2, 0.25) is 5.91 Å². The largest absolute Gasteiger partial charge is 0.386 e. The van der Waals surface area contributed by atoms with Gasteiger partial charge in [-0.25, -0.2) is 0 Å². The van der Waals surface area contributed by atoms with Gasteiger partial charge in [-0.3, -0.25) is 14.6 Å². The first-order valence-electron chi connectivity index (χ1n) is 6.54. The highest BCUT2D eigenvalue weighted by molar-refractivity contribution is 6.27. The van der Waals surface area contributed by atoms with Crippen molar-refractivity contribution in [1.82, 2.24) is 5.32 Å². The molecule has 0 heterocycles. The summed E-state index contributed by atoms with van der Waals surface area (Å²) in [5, 5.41) is 2.62. The molecule has 1 aromatic rings. The number of primary amides is 1. The van der Waals surface area contributed by atoms with Crippen LogP contribution in [-0.4, -0.2) is 36.1 Å². The van der Waals surface area contributed by atoms with Crippen LogP contribution in [0.5, 0.6) is 0 Å². The fourth-order valence-electron chi connectivity index (χ4n) is 1.68. The van der Waals surface area contributed by atoms with Crippen LogP contribution >= 0.6 is 24.0 Å². The topological polar surface area (TPSA) is 111 Å². The molecule has 0 aliphatic heterocycles. The van der Waals surface area contributed by atoms with Gasteiger partial charge in [-0.05, 0) is 25.0 Å². The molecule has 0 unspecified atom stereocenters. The van der Waals surface area contributed by atoms with E-state index in [1.807, 2.05) is 6.07 Å². The Hall–Kier alpha value is -1.79. The summed E-state index contributed by atoms with van der Waals surface area (Å²) in [6, 6.07) is 7.90.